The third-order valence-electron chi connectivity index (χ3n) is 6.54. The van der Waals surface area contributed by atoms with E-state index >= 15 is 0 Å². The lowest BCUT2D eigenvalue weighted by Gasteiger charge is -2.36. The molecule has 3 aromatic carbocycles. The Balaban J connectivity index is 1.48. The average molecular weight is 602 g/mol. The summed E-state index contributed by atoms with van der Waals surface area (Å²) in [6, 6.07) is 18.5. The molecule has 0 aromatic heterocycles. The van der Waals surface area contributed by atoms with Crippen LogP contribution in [-0.2, 0) is 21.4 Å². The number of carbonyl (C=O) groups is 2. The first-order chi connectivity index (χ1) is 19.5. The zero-order chi connectivity index (χ0) is 29.6. The number of hydrogen-bond acceptors (Lipinski definition) is 5. The number of nitrogens with zero attached hydrogens (tertiary/aromatic N) is 3. The Morgan fingerprint density at radius 2 is 1.63 bits per heavy atom. The summed E-state index contributed by atoms with van der Waals surface area (Å²) >= 11 is 6.40. The van der Waals surface area contributed by atoms with Gasteiger partial charge in [-0.2, -0.15) is 4.31 Å². The Labute approximate surface area is 244 Å². The Morgan fingerprint density at radius 3 is 2.27 bits per heavy atom. The molecule has 0 saturated carbocycles. The van der Waals surface area contributed by atoms with E-state index in [4.69, 9.17) is 11.6 Å². The van der Waals surface area contributed by atoms with Crippen LogP contribution < -0.4 is 15.5 Å². The molecule has 3 amide bonds. The SMILES string of the molecule is CC(C)NC(=O)N1CCN(c2ccc(Cl)c(NC(=O)CN(Cc3ccc(F)cc3)S(=O)(=O)c3ccccc3)c2)CC1. The van der Waals surface area contributed by atoms with Gasteiger partial charge in [0.25, 0.3) is 0 Å². The molecule has 4 rings (SSSR count). The van der Waals surface area contributed by atoms with E-state index < -0.39 is 28.3 Å². The fourth-order valence-electron chi connectivity index (χ4n) is 4.42. The smallest absolute Gasteiger partial charge is 0.317 e. The van der Waals surface area contributed by atoms with Crippen LogP contribution in [0.1, 0.15) is 19.4 Å². The molecule has 12 heteroatoms. The molecule has 0 radical (unpaired) electrons. The van der Waals surface area contributed by atoms with Crippen LogP contribution in [0.4, 0.5) is 20.6 Å². The molecule has 0 spiro atoms. The molecule has 1 saturated heterocycles. The van der Waals surface area contributed by atoms with Crippen molar-refractivity contribution in [3.05, 3.63) is 89.2 Å². The zero-order valence-corrected chi connectivity index (χ0v) is 24.5. The van der Waals surface area contributed by atoms with E-state index in [0.717, 1.165) is 9.99 Å². The number of piperazine rings is 1. The van der Waals surface area contributed by atoms with E-state index in [1.807, 2.05) is 19.9 Å². The normalized spacial score (nSPS) is 13.9. The number of amides is 3. The molecule has 3 aromatic rings. The number of anilines is 2. The zero-order valence-electron chi connectivity index (χ0n) is 22.9. The minimum atomic E-state index is -4.05. The summed E-state index contributed by atoms with van der Waals surface area (Å²) in [7, 11) is -4.05. The number of sulfonamides is 1. The van der Waals surface area contributed by atoms with Crippen molar-refractivity contribution in [1.29, 1.82) is 0 Å². The number of nitrogens with one attached hydrogen (secondary N) is 2. The summed E-state index contributed by atoms with van der Waals surface area (Å²) in [5.41, 5.74) is 1.68. The van der Waals surface area contributed by atoms with Gasteiger partial charge in [-0.15, -0.1) is 0 Å². The molecule has 0 aliphatic carbocycles. The number of hydrogen-bond donors (Lipinski definition) is 2. The van der Waals surface area contributed by atoms with Gasteiger partial charge in [0.05, 0.1) is 22.2 Å². The highest BCUT2D eigenvalue weighted by molar-refractivity contribution is 7.89. The summed E-state index contributed by atoms with van der Waals surface area (Å²) < 4.78 is 41.4. The van der Waals surface area contributed by atoms with Gasteiger partial charge in [-0.05, 0) is 61.9 Å². The molecule has 1 aliphatic heterocycles. The van der Waals surface area contributed by atoms with Crippen molar-refractivity contribution in [3.63, 3.8) is 0 Å². The van der Waals surface area contributed by atoms with Crippen LogP contribution in [0.3, 0.4) is 0 Å². The van der Waals surface area contributed by atoms with Crippen molar-refractivity contribution in [1.82, 2.24) is 14.5 Å². The molecule has 0 bridgehead atoms. The van der Waals surface area contributed by atoms with Crippen LogP contribution in [0.5, 0.6) is 0 Å². The molecular weight excluding hydrogens is 569 g/mol. The fraction of sp³-hybridized carbons (Fsp3) is 0.310. The standard InChI is InChI=1S/C29H33ClFN5O4S/c1-21(2)32-29(38)35-16-14-34(15-17-35)24-12-13-26(30)27(18-24)33-28(37)20-36(19-22-8-10-23(31)11-9-22)41(39,40)25-6-4-3-5-7-25/h3-13,18,21H,14-17,19-20H2,1-2H3,(H,32,38)(H,33,37). The Bertz CT molecular complexity index is 1460. The van der Waals surface area contributed by atoms with Crippen molar-refractivity contribution in [3.8, 4) is 0 Å². The van der Waals surface area contributed by atoms with E-state index in [2.05, 4.69) is 15.5 Å². The highest BCUT2D eigenvalue weighted by atomic mass is 35.5. The number of halogens is 2. The Hall–Kier alpha value is -3.67. The maximum absolute atomic E-state index is 13.5. The lowest BCUT2D eigenvalue weighted by atomic mass is 10.2. The number of urea groups is 1. The first kappa shape index (κ1) is 30.3. The molecule has 1 fully saturated rings. The molecule has 41 heavy (non-hydrogen) atoms. The highest BCUT2D eigenvalue weighted by Crippen LogP contribution is 2.29. The van der Waals surface area contributed by atoms with Crippen LogP contribution in [0, 0.1) is 5.82 Å². The molecular formula is C29H33ClFN5O4S. The van der Waals surface area contributed by atoms with Crippen molar-refractivity contribution < 1.29 is 22.4 Å². The topological polar surface area (TPSA) is 102 Å². The van der Waals surface area contributed by atoms with Crippen LogP contribution in [0.15, 0.2) is 77.7 Å². The minimum absolute atomic E-state index is 0.0381. The van der Waals surface area contributed by atoms with Gasteiger partial charge in [-0.25, -0.2) is 17.6 Å². The highest BCUT2D eigenvalue weighted by Gasteiger charge is 2.28. The van der Waals surface area contributed by atoms with E-state index in [0.29, 0.717) is 42.5 Å². The van der Waals surface area contributed by atoms with Gasteiger partial charge in [-0.3, -0.25) is 4.79 Å². The van der Waals surface area contributed by atoms with Crippen molar-refractivity contribution in [2.24, 2.45) is 0 Å². The number of benzene rings is 3. The van der Waals surface area contributed by atoms with E-state index in [9.17, 15) is 22.4 Å². The first-order valence-corrected chi connectivity index (χ1v) is 15.0. The summed E-state index contributed by atoms with van der Waals surface area (Å²) in [6.07, 6.45) is 0. The summed E-state index contributed by atoms with van der Waals surface area (Å²) in [5.74, 6) is -1.03. The van der Waals surface area contributed by atoms with Crippen LogP contribution in [0.25, 0.3) is 0 Å². The predicted molar refractivity (Wildman–Crippen MR) is 158 cm³/mol. The average Bonchev–Trinajstić information content (AvgIpc) is 2.95. The molecule has 9 nitrogen and oxygen atoms in total. The van der Waals surface area contributed by atoms with Gasteiger partial charge in [-0.1, -0.05) is 41.9 Å². The Morgan fingerprint density at radius 1 is 0.976 bits per heavy atom. The van der Waals surface area contributed by atoms with Gasteiger partial charge < -0.3 is 20.4 Å². The van der Waals surface area contributed by atoms with Crippen LogP contribution >= 0.6 is 11.6 Å². The summed E-state index contributed by atoms with van der Waals surface area (Å²) in [5, 5.41) is 5.95. The molecule has 2 N–H and O–H groups in total. The number of carbonyl (C=O) groups excluding carboxylic acids is 2. The maximum atomic E-state index is 13.5. The summed E-state index contributed by atoms with van der Waals surface area (Å²) in [4.78, 5) is 29.4. The third-order valence-corrected chi connectivity index (χ3v) is 8.68. The minimum Gasteiger partial charge on any atom is -0.368 e. The van der Waals surface area contributed by atoms with E-state index in [1.54, 1.807) is 35.2 Å². The molecule has 0 atom stereocenters. The van der Waals surface area contributed by atoms with Gasteiger partial charge in [0.2, 0.25) is 15.9 Å². The van der Waals surface area contributed by atoms with Crippen molar-refractivity contribution >= 4 is 44.9 Å². The molecule has 218 valence electrons. The fourth-order valence-corrected chi connectivity index (χ4v) is 5.99. The lowest BCUT2D eigenvalue weighted by molar-refractivity contribution is -0.116. The second kappa shape index (κ2) is 13.3. The maximum Gasteiger partial charge on any atom is 0.317 e. The van der Waals surface area contributed by atoms with E-state index in [-0.39, 0.29) is 23.5 Å². The molecule has 0 unspecified atom stereocenters. The Kier molecular flexibility index (Phi) is 9.85. The third kappa shape index (κ3) is 7.96. The first-order valence-electron chi connectivity index (χ1n) is 13.2. The second-order valence-electron chi connectivity index (χ2n) is 10.0. The van der Waals surface area contributed by atoms with E-state index in [1.165, 1.54) is 36.4 Å². The predicted octanol–water partition coefficient (Wildman–Crippen LogP) is 4.55. The van der Waals surface area contributed by atoms with Crippen molar-refractivity contribution in [2.75, 3.05) is 42.9 Å². The van der Waals surface area contributed by atoms with Crippen LogP contribution in [-0.4, -0.2) is 68.3 Å². The van der Waals surface area contributed by atoms with Gasteiger partial charge in [0.15, 0.2) is 0 Å². The summed E-state index contributed by atoms with van der Waals surface area (Å²) in [6.45, 7) is 5.49. The number of rotatable bonds is 9. The second-order valence-corrected chi connectivity index (χ2v) is 12.3. The molecule has 1 heterocycles. The van der Waals surface area contributed by atoms with Crippen molar-refractivity contribution in [2.45, 2.75) is 31.3 Å². The van der Waals surface area contributed by atoms with Gasteiger partial charge in [0.1, 0.15) is 5.82 Å². The largest absolute Gasteiger partial charge is 0.368 e. The monoisotopic (exact) mass is 601 g/mol. The quantitative estimate of drug-likeness (QED) is 0.375. The molecule has 1 aliphatic rings. The van der Waals surface area contributed by atoms with Gasteiger partial charge in [0, 0.05) is 44.5 Å². The lowest BCUT2D eigenvalue weighted by Crippen LogP contribution is -2.52. The van der Waals surface area contributed by atoms with Crippen LogP contribution in [0.2, 0.25) is 5.02 Å². The van der Waals surface area contributed by atoms with Gasteiger partial charge >= 0.3 is 6.03 Å².